The van der Waals surface area contributed by atoms with Gasteiger partial charge in [-0.1, -0.05) is 17.7 Å². The maximum Gasteiger partial charge on any atom is 0.339 e. The summed E-state index contributed by atoms with van der Waals surface area (Å²) in [4.78, 5) is 21.4. The number of halogens is 2. The summed E-state index contributed by atoms with van der Waals surface area (Å²) in [6.45, 7) is 0. The Bertz CT molecular complexity index is 734. The zero-order valence-corrected chi connectivity index (χ0v) is 12.6. The number of hydrogen-bond donors (Lipinski definition) is 1. The van der Waals surface area contributed by atoms with Crippen LogP contribution in [0, 0.1) is 10.1 Å². The summed E-state index contributed by atoms with van der Waals surface area (Å²) in [5, 5.41) is 20.0. The first-order valence-corrected chi connectivity index (χ1v) is 6.71. The van der Waals surface area contributed by atoms with Gasteiger partial charge in [0.2, 0.25) is 0 Å². The van der Waals surface area contributed by atoms with Gasteiger partial charge in [-0.2, -0.15) is 0 Å². The average molecular weight is 373 g/mol. The van der Waals surface area contributed by atoms with Crippen molar-refractivity contribution in [2.45, 2.75) is 0 Å². The Hall–Kier alpha value is -2.12. The standard InChI is InChI=1S/C13H7BrClNO5/c14-9-5-4-7(16(19)20)6-11(9)21-12-8(13(17)18)2-1-3-10(12)15/h1-6H,(H,17,18). The third kappa shape index (κ3) is 3.32. The predicted molar refractivity (Wildman–Crippen MR) is 79.3 cm³/mol. The molecule has 1 N–H and O–H groups in total. The van der Waals surface area contributed by atoms with Gasteiger partial charge in [-0.05, 0) is 34.1 Å². The summed E-state index contributed by atoms with van der Waals surface area (Å²) < 4.78 is 5.89. The summed E-state index contributed by atoms with van der Waals surface area (Å²) >= 11 is 9.13. The van der Waals surface area contributed by atoms with E-state index in [4.69, 9.17) is 21.4 Å². The van der Waals surface area contributed by atoms with E-state index in [1.165, 1.54) is 36.4 Å². The van der Waals surface area contributed by atoms with Crippen molar-refractivity contribution in [1.29, 1.82) is 0 Å². The van der Waals surface area contributed by atoms with Crippen molar-refractivity contribution < 1.29 is 19.6 Å². The quantitative estimate of drug-likeness (QED) is 0.630. The Balaban J connectivity index is 2.50. The van der Waals surface area contributed by atoms with Crippen LogP contribution in [0.4, 0.5) is 5.69 Å². The molecule has 8 heteroatoms. The molecule has 0 spiro atoms. The molecule has 108 valence electrons. The van der Waals surface area contributed by atoms with Gasteiger partial charge >= 0.3 is 5.97 Å². The van der Waals surface area contributed by atoms with Crippen LogP contribution in [0.15, 0.2) is 40.9 Å². The minimum Gasteiger partial charge on any atom is -0.478 e. The van der Waals surface area contributed by atoms with Gasteiger partial charge in [-0.15, -0.1) is 0 Å². The van der Waals surface area contributed by atoms with Crippen molar-refractivity contribution in [3.63, 3.8) is 0 Å². The van der Waals surface area contributed by atoms with E-state index in [-0.39, 0.29) is 27.8 Å². The van der Waals surface area contributed by atoms with Crippen LogP contribution >= 0.6 is 27.5 Å². The Morgan fingerprint density at radius 1 is 1.33 bits per heavy atom. The van der Waals surface area contributed by atoms with Crippen LogP contribution in [0.1, 0.15) is 10.4 Å². The highest BCUT2D eigenvalue weighted by Gasteiger charge is 2.18. The molecular formula is C13H7BrClNO5. The molecule has 0 heterocycles. The van der Waals surface area contributed by atoms with Crippen LogP contribution in [-0.2, 0) is 0 Å². The summed E-state index contributed by atoms with van der Waals surface area (Å²) in [5.74, 6) is -1.19. The minimum atomic E-state index is -1.21. The van der Waals surface area contributed by atoms with Crippen LogP contribution in [-0.4, -0.2) is 16.0 Å². The van der Waals surface area contributed by atoms with Gasteiger partial charge in [-0.25, -0.2) is 4.79 Å². The van der Waals surface area contributed by atoms with E-state index >= 15 is 0 Å². The number of ether oxygens (including phenoxy) is 1. The molecule has 0 fully saturated rings. The number of benzene rings is 2. The second-order valence-electron chi connectivity index (χ2n) is 3.90. The molecule has 0 saturated carbocycles. The number of rotatable bonds is 4. The summed E-state index contributed by atoms with van der Waals surface area (Å²) in [6.07, 6.45) is 0. The van der Waals surface area contributed by atoms with Crippen molar-refractivity contribution >= 4 is 39.2 Å². The van der Waals surface area contributed by atoms with E-state index in [0.717, 1.165) is 0 Å². The number of carboxylic acid groups (broad SMARTS) is 1. The van der Waals surface area contributed by atoms with Gasteiger partial charge in [-0.3, -0.25) is 10.1 Å². The van der Waals surface area contributed by atoms with Gasteiger partial charge in [0.15, 0.2) is 5.75 Å². The summed E-state index contributed by atoms with van der Waals surface area (Å²) in [6, 6.07) is 8.18. The molecule has 0 aliphatic carbocycles. The Morgan fingerprint density at radius 2 is 2.05 bits per heavy atom. The molecule has 0 aliphatic heterocycles. The lowest BCUT2D eigenvalue weighted by Gasteiger charge is -2.11. The van der Waals surface area contributed by atoms with Crippen molar-refractivity contribution in [1.82, 2.24) is 0 Å². The molecule has 0 radical (unpaired) electrons. The van der Waals surface area contributed by atoms with Crippen LogP contribution in [0.2, 0.25) is 5.02 Å². The lowest BCUT2D eigenvalue weighted by Crippen LogP contribution is -2.01. The molecule has 2 aromatic rings. The number of nitrogens with zero attached hydrogens (tertiary/aromatic N) is 1. The normalized spacial score (nSPS) is 10.2. The van der Waals surface area contributed by atoms with E-state index in [2.05, 4.69) is 15.9 Å². The summed E-state index contributed by atoms with van der Waals surface area (Å²) in [5.41, 5.74) is -0.321. The van der Waals surface area contributed by atoms with Crippen LogP contribution < -0.4 is 4.74 Å². The zero-order chi connectivity index (χ0) is 15.6. The second-order valence-corrected chi connectivity index (χ2v) is 5.16. The second kappa shape index (κ2) is 6.11. The van der Waals surface area contributed by atoms with Crippen molar-refractivity contribution in [3.05, 3.63) is 61.6 Å². The number of carboxylic acids is 1. The molecule has 0 unspecified atom stereocenters. The van der Waals surface area contributed by atoms with E-state index in [9.17, 15) is 14.9 Å². The molecule has 0 amide bonds. The molecule has 0 bridgehead atoms. The SMILES string of the molecule is O=C(O)c1cccc(Cl)c1Oc1cc([N+](=O)[O-])ccc1Br. The molecule has 0 saturated heterocycles. The average Bonchev–Trinajstić information content (AvgIpc) is 2.42. The minimum absolute atomic E-state index is 0.0761. The molecule has 2 aromatic carbocycles. The Kier molecular flexibility index (Phi) is 4.44. The van der Waals surface area contributed by atoms with E-state index in [1.807, 2.05) is 0 Å². The summed E-state index contributed by atoms with van der Waals surface area (Å²) in [7, 11) is 0. The molecule has 6 nitrogen and oxygen atoms in total. The molecule has 0 atom stereocenters. The fourth-order valence-corrected chi connectivity index (χ4v) is 2.12. The first kappa shape index (κ1) is 15.3. The van der Waals surface area contributed by atoms with Gasteiger partial charge < -0.3 is 9.84 Å². The number of hydrogen-bond acceptors (Lipinski definition) is 4. The van der Waals surface area contributed by atoms with Crippen LogP contribution in [0.3, 0.4) is 0 Å². The highest BCUT2D eigenvalue weighted by Crippen LogP contribution is 2.37. The Morgan fingerprint density at radius 3 is 2.67 bits per heavy atom. The Labute approximate surface area is 132 Å². The fourth-order valence-electron chi connectivity index (χ4n) is 1.57. The maximum absolute atomic E-state index is 11.2. The van der Waals surface area contributed by atoms with Gasteiger partial charge in [0.25, 0.3) is 5.69 Å². The van der Waals surface area contributed by atoms with Crippen LogP contribution in [0.25, 0.3) is 0 Å². The highest BCUT2D eigenvalue weighted by atomic mass is 79.9. The lowest BCUT2D eigenvalue weighted by atomic mass is 10.2. The smallest absolute Gasteiger partial charge is 0.339 e. The number of aromatic carboxylic acids is 1. The largest absolute Gasteiger partial charge is 0.478 e. The molecule has 0 aromatic heterocycles. The van der Waals surface area contributed by atoms with Gasteiger partial charge in [0.1, 0.15) is 11.3 Å². The lowest BCUT2D eigenvalue weighted by molar-refractivity contribution is -0.384. The molecule has 2 rings (SSSR count). The third-order valence-electron chi connectivity index (χ3n) is 2.54. The number of non-ortho nitro benzene ring substituents is 1. The third-order valence-corrected chi connectivity index (χ3v) is 3.49. The van der Waals surface area contributed by atoms with Gasteiger partial charge in [0, 0.05) is 6.07 Å². The van der Waals surface area contributed by atoms with Crippen molar-refractivity contribution in [2.75, 3.05) is 0 Å². The van der Waals surface area contributed by atoms with E-state index in [0.29, 0.717) is 4.47 Å². The number of carbonyl (C=O) groups is 1. The molecular weight excluding hydrogens is 366 g/mol. The predicted octanol–water partition coefficient (Wildman–Crippen LogP) is 4.50. The highest BCUT2D eigenvalue weighted by molar-refractivity contribution is 9.10. The topological polar surface area (TPSA) is 89.7 Å². The number of nitro benzene ring substituents is 1. The van der Waals surface area contributed by atoms with Crippen molar-refractivity contribution in [2.24, 2.45) is 0 Å². The van der Waals surface area contributed by atoms with E-state index in [1.54, 1.807) is 0 Å². The van der Waals surface area contributed by atoms with Gasteiger partial charge in [0.05, 0.1) is 20.5 Å². The molecule has 21 heavy (non-hydrogen) atoms. The zero-order valence-electron chi connectivity index (χ0n) is 10.2. The first-order valence-electron chi connectivity index (χ1n) is 5.53. The fraction of sp³-hybridized carbons (Fsp3) is 0. The maximum atomic E-state index is 11.2. The van der Waals surface area contributed by atoms with Crippen molar-refractivity contribution in [3.8, 4) is 11.5 Å². The van der Waals surface area contributed by atoms with E-state index < -0.39 is 10.9 Å². The number of nitro groups is 1. The first-order chi connectivity index (χ1) is 9.90. The molecule has 0 aliphatic rings. The van der Waals surface area contributed by atoms with Crippen LogP contribution in [0.5, 0.6) is 11.5 Å². The number of para-hydroxylation sites is 1. The monoisotopic (exact) mass is 371 g/mol.